The Bertz CT molecular complexity index is 1030. The number of aromatic nitrogens is 2. The smallest absolute Gasteiger partial charge is 0.253 e. The molecule has 0 atom stereocenters. The van der Waals surface area contributed by atoms with Crippen molar-refractivity contribution >= 4 is 28.4 Å². The van der Waals surface area contributed by atoms with Gasteiger partial charge in [-0.3, -0.25) is 9.89 Å². The number of aromatic amines is 1. The van der Waals surface area contributed by atoms with Gasteiger partial charge in [0.05, 0.1) is 21.8 Å². The topological polar surface area (TPSA) is 72.8 Å². The quantitative estimate of drug-likeness (QED) is 0.740. The van der Waals surface area contributed by atoms with Gasteiger partial charge in [-0.15, -0.1) is 0 Å². The molecule has 0 aliphatic carbocycles. The van der Waals surface area contributed by atoms with Gasteiger partial charge in [0, 0.05) is 30.1 Å². The number of halogens is 1. The Morgan fingerprint density at radius 1 is 1.33 bits per heavy atom. The van der Waals surface area contributed by atoms with Crippen LogP contribution in [0.2, 0.25) is 5.02 Å². The van der Waals surface area contributed by atoms with Crippen LogP contribution >= 0.6 is 11.6 Å². The minimum absolute atomic E-state index is 0.0303. The van der Waals surface area contributed by atoms with E-state index in [0.29, 0.717) is 10.6 Å². The Morgan fingerprint density at radius 2 is 2.17 bits per heavy atom. The largest absolute Gasteiger partial charge is 0.341 e. The molecule has 0 bridgehead atoms. The highest BCUT2D eigenvalue weighted by molar-refractivity contribution is 6.32. The lowest BCUT2D eigenvalue weighted by Gasteiger charge is -2.25. The highest BCUT2D eigenvalue weighted by atomic mass is 35.5. The maximum absolute atomic E-state index is 12.4. The molecule has 0 spiro atoms. The molecule has 6 heteroatoms. The van der Waals surface area contributed by atoms with Crippen molar-refractivity contribution in [1.82, 2.24) is 15.1 Å². The molecule has 1 aliphatic heterocycles. The Balaban J connectivity index is 1.88. The standard InChI is InChI=1S/C18H13ClN4O/c1-23-5-4-10-2-3-11(6-13(10)18(23)24)17-14-8-15(19)12(9-20)7-16(14)21-22-17/h2-3,6-8H,4-5H2,1H3,(H,21,22). The van der Waals surface area contributed by atoms with Crippen LogP contribution in [0.5, 0.6) is 0 Å². The number of nitrogens with one attached hydrogen (secondary N) is 1. The zero-order chi connectivity index (χ0) is 16.8. The van der Waals surface area contributed by atoms with E-state index in [2.05, 4.69) is 16.3 Å². The van der Waals surface area contributed by atoms with E-state index < -0.39 is 0 Å². The number of fused-ring (bicyclic) bond motifs is 2. The van der Waals surface area contributed by atoms with E-state index in [4.69, 9.17) is 16.9 Å². The van der Waals surface area contributed by atoms with Gasteiger partial charge >= 0.3 is 0 Å². The number of likely N-dealkylation sites (N-methyl/N-ethyl adjacent to an activating group) is 1. The van der Waals surface area contributed by atoms with Crippen molar-refractivity contribution in [2.75, 3.05) is 13.6 Å². The molecule has 1 amide bonds. The first-order chi connectivity index (χ1) is 11.6. The van der Waals surface area contributed by atoms with Gasteiger partial charge in [0.25, 0.3) is 5.91 Å². The Kier molecular flexibility index (Phi) is 3.29. The van der Waals surface area contributed by atoms with Crippen LogP contribution in [0.1, 0.15) is 21.5 Å². The Morgan fingerprint density at radius 3 is 2.96 bits per heavy atom. The molecule has 1 aliphatic rings. The average molecular weight is 337 g/mol. The van der Waals surface area contributed by atoms with Crippen LogP contribution in [0.3, 0.4) is 0 Å². The predicted molar refractivity (Wildman–Crippen MR) is 91.9 cm³/mol. The summed E-state index contributed by atoms with van der Waals surface area (Å²) in [6, 6.07) is 11.3. The summed E-state index contributed by atoms with van der Waals surface area (Å²) < 4.78 is 0. The fourth-order valence-corrected chi connectivity index (χ4v) is 3.29. The molecular weight excluding hydrogens is 324 g/mol. The van der Waals surface area contributed by atoms with Crippen LogP contribution in [0.15, 0.2) is 30.3 Å². The van der Waals surface area contributed by atoms with E-state index in [1.807, 2.05) is 25.2 Å². The number of hydrogen-bond donors (Lipinski definition) is 1. The molecule has 2 heterocycles. The summed E-state index contributed by atoms with van der Waals surface area (Å²) in [6.07, 6.45) is 0.858. The van der Waals surface area contributed by atoms with Crippen molar-refractivity contribution in [3.8, 4) is 17.3 Å². The van der Waals surface area contributed by atoms with Crippen LogP contribution in [0.4, 0.5) is 0 Å². The van der Waals surface area contributed by atoms with Crippen molar-refractivity contribution in [2.24, 2.45) is 0 Å². The van der Waals surface area contributed by atoms with Gasteiger partial charge in [0.2, 0.25) is 0 Å². The molecule has 1 N–H and O–H groups in total. The number of amides is 1. The zero-order valence-electron chi connectivity index (χ0n) is 12.9. The van der Waals surface area contributed by atoms with Gasteiger partial charge in [-0.2, -0.15) is 10.4 Å². The molecule has 0 saturated carbocycles. The molecule has 118 valence electrons. The van der Waals surface area contributed by atoms with Crippen molar-refractivity contribution in [3.63, 3.8) is 0 Å². The summed E-state index contributed by atoms with van der Waals surface area (Å²) in [4.78, 5) is 14.1. The van der Waals surface area contributed by atoms with Crippen LogP contribution in [-0.2, 0) is 6.42 Å². The second kappa shape index (κ2) is 5.36. The zero-order valence-corrected chi connectivity index (χ0v) is 13.7. The maximum Gasteiger partial charge on any atom is 0.253 e. The van der Waals surface area contributed by atoms with E-state index >= 15 is 0 Å². The monoisotopic (exact) mass is 336 g/mol. The van der Waals surface area contributed by atoms with Crippen LogP contribution in [-0.4, -0.2) is 34.6 Å². The highest BCUT2D eigenvalue weighted by Crippen LogP contribution is 2.32. The molecule has 0 unspecified atom stereocenters. The predicted octanol–water partition coefficient (Wildman–Crippen LogP) is 3.38. The number of rotatable bonds is 1. The van der Waals surface area contributed by atoms with Crippen molar-refractivity contribution in [1.29, 1.82) is 5.26 Å². The summed E-state index contributed by atoms with van der Waals surface area (Å²) in [7, 11) is 1.81. The molecule has 0 radical (unpaired) electrons. The first-order valence-corrected chi connectivity index (χ1v) is 7.93. The van der Waals surface area contributed by atoms with E-state index in [0.717, 1.165) is 46.3 Å². The first kappa shape index (κ1) is 14.7. The maximum atomic E-state index is 12.4. The number of benzene rings is 2. The summed E-state index contributed by atoms with van der Waals surface area (Å²) >= 11 is 6.15. The Labute approximate surface area is 143 Å². The summed E-state index contributed by atoms with van der Waals surface area (Å²) in [6.45, 7) is 0.739. The first-order valence-electron chi connectivity index (χ1n) is 7.55. The number of nitriles is 1. The number of nitrogens with zero attached hydrogens (tertiary/aromatic N) is 3. The number of carbonyl (C=O) groups is 1. The third-order valence-electron chi connectivity index (χ3n) is 4.45. The highest BCUT2D eigenvalue weighted by Gasteiger charge is 2.22. The molecule has 2 aromatic carbocycles. The fourth-order valence-electron chi connectivity index (χ4n) is 3.08. The van der Waals surface area contributed by atoms with Gasteiger partial charge in [-0.25, -0.2) is 0 Å². The van der Waals surface area contributed by atoms with Crippen LogP contribution < -0.4 is 0 Å². The third-order valence-corrected chi connectivity index (χ3v) is 4.76. The van der Waals surface area contributed by atoms with Gasteiger partial charge in [-0.05, 0) is 30.2 Å². The average Bonchev–Trinajstić information content (AvgIpc) is 3.00. The molecule has 1 aromatic heterocycles. The number of carbonyl (C=O) groups excluding carboxylic acids is 1. The second-order valence-corrected chi connectivity index (χ2v) is 6.32. The molecule has 3 aromatic rings. The van der Waals surface area contributed by atoms with Crippen molar-refractivity contribution in [3.05, 3.63) is 52.0 Å². The van der Waals surface area contributed by atoms with E-state index in [9.17, 15) is 4.79 Å². The lowest BCUT2D eigenvalue weighted by molar-refractivity contribution is 0.0781. The van der Waals surface area contributed by atoms with Gasteiger partial charge in [0.1, 0.15) is 6.07 Å². The Hall–Kier alpha value is -2.84. The van der Waals surface area contributed by atoms with Crippen molar-refractivity contribution in [2.45, 2.75) is 6.42 Å². The fraction of sp³-hybridized carbons (Fsp3) is 0.167. The molecule has 5 nitrogen and oxygen atoms in total. The summed E-state index contributed by atoms with van der Waals surface area (Å²) in [5, 5.41) is 17.6. The SMILES string of the molecule is CN1CCc2ccc(-c3n[nH]c4cc(C#N)c(Cl)cc34)cc2C1=O. The van der Waals surface area contributed by atoms with E-state index in [1.54, 1.807) is 17.0 Å². The van der Waals surface area contributed by atoms with Crippen LogP contribution in [0.25, 0.3) is 22.2 Å². The normalized spacial score (nSPS) is 13.9. The molecule has 24 heavy (non-hydrogen) atoms. The van der Waals surface area contributed by atoms with Crippen LogP contribution in [0, 0.1) is 11.3 Å². The number of H-pyrrole nitrogens is 1. The third kappa shape index (κ3) is 2.15. The van der Waals surface area contributed by atoms with E-state index in [1.165, 1.54) is 0 Å². The minimum atomic E-state index is 0.0303. The van der Waals surface area contributed by atoms with Crippen molar-refractivity contribution < 1.29 is 4.79 Å². The summed E-state index contributed by atoms with van der Waals surface area (Å²) in [5.41, 5.74) is 4.50. The van der Waals surface area contributed by atoms with Gasteiger partial charge < -0.3 is 4.90 Å². The molecule has 0 saturated heterocycles. The lowest BCUT2D eigenvalue weighted by Crippen LogP contribution is -2.34. The van der Waals surface area contributed by atoms with Gasteiger partial charge in [0.15, 0.2) is 0 Å². The lowest BCUT2D eigenvalue weighted by atomic mass is 9.95. The van der Waals surface area contributed by atoms with Gasteiger partial charge in [-0.1, -0.05) is 23.7 Å². The van der Waals surface area contributed by atoms with E-state index in [-0.39, 0.29) is 5.91 Å². The number of hydrogen-bond acceptors (Lipinski definition) is 3. The molecule has 0 fully saturated rings. The minimum Gasteiger partial charge on any atom is -0.341 e. The molecular formula is C18H13ClN4O. The second-order valence-electron chi connectivity index (χ2n) is 5.91. The summed E-state index contributed by atoms with van der Waals surface area (Å²) in [5.74, 6) is 0.0303. The molecule has 4 rings (SSSR count).